The Labute approximate surface area is 245 Å². The molecule has 2 heterocycles. The predicted molar refractivity (Wildman–Crippen MR) is 160 cm³/mol. The number of nitrogens with zero attached hydrogens (tertiary/aromatic N) is 4. The molecule has 0 unspecified atom stereocenters. The minimum Gasteiger partial charge on any atom is -0.384 e. The van der Waals surface area contributed by atoms with Gasteiger partial charge in [0.05, 0.1) is 17.8 Å². The third-order valence-electron chi connectivity index (χ3n) is 6.81. The van der Waals surface area contributed by atoms with E-state index in [0.717, 1.165) is 29.1 Å². The standard InChI is InChI=1S/C30H29F3N8O2/c1-18-9-10-24(37-27(42)19-5-3-6-21(13-19)30(31,32)33)15-25(18)41-17-20-16-36-28(39-26(20)40(2)29(41)43)38-23-8-4-7-22(14-23)35-12-11-34/h3-10,13-16,35H,11-12,17,34H2,1-2H3,(H,37,42)(H,36,38,39). The molecule has 5 rings (SSSR count). The van der Waals surface area contributed by atoms with Crippen LogP contribution in [-0.4, -0.2) is 42.0 Å². The van der Waals surface area contributed by atoms with Crippen LogP contribution in [0.4, 0.5) is 52.5 Å². The highest BCUT2D eigenvalue weighted by Gasteiger charge is 2.32. The number of nitrogens with one attached hydrogen (secondary N) is 3. The van der Waals surface area contributed by atoms with Crippen molar-refractivity contribution < 1.29 is 22.8 Å². The zero-order valence-corrected chi connectivity index (χ0v) is 23.4. The third-order valence-corrected chi connectivity index (χ3v) is 6.81. The molecule has 3 amide bonds. The SMILES string of the molecule is Cc1ccc(NC(=O)c2cccc(C(F)(F)F)c2)cc1N1Cc2cnc(Nc3cccc(NCCN)c3)nc2N(C)C1=O. The molecule has 222 valence electrons. The summed E-state index contributed by atoms with van der Waals surface area (Å²) >= 11 is 0. The summed E-state index contributed by atoms with van der Waals surface area (Å²) in [6, 6.07) is 16.4. The lowest BCUT2D eigenvalue weighted by atomic mass is 10.1. The molecule has 1 aliphatic rings. The van der Waals surface area contributed by atoms with Gasteiger partial charge in [-0.15, -0.1) is 0 Å². The Kier molecular flexibility index (Phi) is 8.17. The second-order valence-electron chi connectivity index (χ2n) is 9.93. The summed E-state index contributed by atoms with van der Waals surface area (Å²) < 4.78 is 39.3. The smallest absolute Gasteiger partial charge is 0.384 e. The van der Waals surface area contributed by atoms with Crippen LogP contribution in [0.1, 0.15) is 27.0 Å². The first kappa shape index (κ1) is 29.3. The first-order valence-corrected chi connectivity index (χ1v) is 13.3. The minimum atomic E-state index is -4.57. The molecule has 1 aliphatic heterocycles. The summed E-state index contributed by atoms with van der Waals surface area (Å²) in [5, 5.41) is 9.00. The van der Waals surface area contributed by atoms with E-state index < -0.39 is 17.6 Å². The molecule has 4 aromatic rings. The van der Waals surface area contributed by atoms with Crippen LogP contribution in [0.2, 0.25) is 0 Å². The fraction of sp³-hybridized carbons (Fsp3) is 0.200. The number of hydrogen-bond acceptors (Lipinski definition) is 7. The molecule has 0 fully saturated rings. The quantitative estimate of drug-likeness (QED) is 0.206. The predicted octanol–water partition coefficient (Wildman–Crippen LogP) is 5.75. The second kappa shape index (κ2) is 12.0. The fourth-order valence-corrected chi connectivity index (χ4v) is 4.63. The van der Waals surface area contributed by atoms with Gasteiger partial charge in [0, 0.05) is 54.5 Å². The number of rotatable bonds is 8. The van der Waals surface area contributed by atoms with Gasteiger partial charge >= 0.3 is 12.2 Å². The molecule has 0 saturated heterocycles. The Hall–Kier alpha value is -5.17. The maximum Gasteiger partial charge on any atom is 0.416 e. The number of alkyl halides is 3. The van der Waals surface area contributed by atoms with Gasteiger partial charge in [0.1, 0.15) is 5.82 Å². The van der Waals surface area contributed by atoms with Gasteiger partial charge < -0.3 is 21.7 Å². The molecule has 43 heavy (non-hydrogen) atoms. The molecular formula is C30H29F3N8O2. The highest BCUT2D eigenvalue weighted by Crippen LogP contribution is 2.34. The number of halogens is 3. The zero-order valence-electron chi connectivity index (χ0n) is 23.4. The number of aryl methyl sites for hydroxylation is 1. The van der Waals surface area contributed by atoms with Crippen LogP contribution in [0.5, 0.6) is 0 Å². The lowest BCUT2D eigenvalue weighted by Gasteiger charge is -2.35. The molecule has 1 aromatic heterocycles. The lowest BCUT2D eigenvalue weighted by molar-refractivity contribution is -0.137. The van der Waals surface area contributed by atoms with E-state index in [4.69, 9.17) is 5.73 Å². The summed E-state index contributed by atoms with van der Waals surface area (Å²) in [5.41, 5.74) is 8.45. The van der Waals surface area contributed by atoms with Crippen LogP contribution in [0.25, 0.3) is 0 Å². The number of aromatic nitrogens is 2. The maximum atomic E-state index is 13.5. The summed E-state index contributed by atoms with van der Waals surface area (Å²) in [6.45, 7) is 3.12. The second-order valence-corrected chi connectivity index (χ2v) is 9.93. The first-order chi connectivity index (χ1) is 20.5. The van der Waals surface area contributed by atoms with Crippen molar-refractivity contribution in [3.63, 3.8) is 0 Å². The summed E-state index contributed by atoms with van der Waals surface area (Å²) in [4.78, 5) is 38.2. The van der Waals surface area contributed by atoms with Crippen molar-refractivity contribution in [3.8, 4) is 0 Å². The average molecular weight is 591 g/mol. The monoisotopic (exact) mass is 590 g/mol. The van der Waals surface area contributed by atoms with E-state index in [-0.39, 0.29) is 18.1 Å². The van der Waals surface area contributed by atoms with Crippen molar-refractivity contribution in [2.24, 2.45) is 5.73 Å². The molecule has 10 nitrogen and oxygen atoms in total. The van der Waals surface area contributed by atoms with Crippen LogP contribution >= 0.6 is 0 Å². The molecule has 5 N–H and O–H groups in total. The first-order valence-electron chi connectivity index (χ1n) is 13.3. The van der Waals surface area contributed by atoms with E-state index >= 15 is 0 Å². The lowest BCUT2D eigenvalue weighted by Crippen LogP contribution is -2.46. The summed E-state index contributed by atoms with van der Waals surface area (Å²) in [7, 11) is 1.61. The highest BCUT2D eigenvalue weighted by atomic mass is 19.4. The van der Waals surface area contributed by atoms with Gasteiger partial charge in [-0.25, -0.2) is 9.78 Å². The number of urea groups is 1. The van der Waals surface area contributed by atoms with Crippen LogP contribution in [0, 0.1) is 6.92 Å². The van der Waals surface area contributed by atoms with Crippen LogP contribution in [0.15, 0.2) is 72.9 Å². The minimum absolute atomic E-state index is 0.139. The van der Waals surface area contributed by atoms with Crippen molar-refractivity contribution in [3.05, 3.63) is 95.2 Å². The number of fused-ring (bicyclic) bond motifs is 1. The van der Waals surface area contributed by atoms with E-state index in [1.165, 1.54) is 21.9 Å². The highest BCUT2D eigenvalue weighted by molar-refractivity contribution is 6.07. The van der Waals surface area contributed by atoms with Crippen LogP contribution < -0.4 is 31.5 Å². The molecule has 3 aromatic carbocycles. The van der Waals surface area contributed by atoms with E-state index in [1.807, 2.05) is 31.2 Å². The Balaban J connectivity index is 1.35. The largest absolute Gasteiger partial charge is 0.416 e. The van der Waals surface area contributed by atoms with E-state index in [1.54, 1.807) is 31.4 Å². The summed E-state index contributed by atoms with van der Waals surface area (Å²) in [5.74, 6) is 0.0589. The number of amides is 3. The van der Waals surface area contributed by atoms with Crippen molar-refractivity contribution in [1.29, 1.82) is 0 Å². The van der Waals surface area contributed by atoms with Gasteiger partial charge in [-0.1, -0.05) is 18.2 Å². The van der Waals surface area contributed by atoms with Gasteiger partial charge in [-0.05, 0) is 61.0 Å². The number of nitrogens with two attached hydrogens (primary N) is 1. The molecule has 0 aliphatic carbocycles. The summed E-state index contributed by atoms with van der Waals surface area (Å²) in [6.07, 6.45) is -2.93. The molecular weight excluding hydrogens is 561 g/mol. The molecule has 0 radical (unpaired) electrons. The van der Waals surface area contributed by atoms with Gasteiger partial charge in [0.2, 0.25) is 5.95 Å². The van der Waals surface area contributed by atoms with E-state index in [0.29, 0.717) is 41.8 Å². The molecule has 0 saturated carbocycles. The van der Waals surface area contributed by atoms with Gasteiger partial charge in [-0.3, -0.25) is 14.6 Å². The zero-order chi connectivity index (χ0) is 30.7. The number of carbonyl (C=O) groups excluding carboxylic acids is 2. The van der Waals surface area contributed by atoms with Crippen LogP contribution in [0.3, 0.4) is 0 Å². The molecule has 0 atom stereocenters. The average Bonchev–Trinajstić information content (AvgIpc) is 2.99. The van der Waals surface area contributed by atoms with Crippen LogP contribution in [-0.2, 0) is 12.7 Å². The van der Waals surface area contributed by atoms with Crippen molar-refractivity contribution >= 4 is 46.5 Å². The van der Waals surface area contributed by atoms with Gasteiger partial charge in [-0.2, -0.15) is 18.2 Å². The maximum absolute atomic E-state index is 13.5. The van der Waals surface area contributed by atoms with Crippen molar-refractivity contribution in [1.82, 2.24) is 9.97 Å². The number of carbonyl (C=O) groups is 2. The van der Waals surface area contributed by atoms with Crippen molar-refractivity contribution in [2.45, 2.75) is 19.6 Å². The van der Waals surface area contributed by atoms with E-state index in [9.17, 15) is 22.8 Å². The van der Waals surface area contributed by atoms with Gasteiger partial charge in [0.25, 0.3) is 5.91 Å². The Morgan fingerprint density at radius 2 is 1.79 bits per heavy atom. The molecule has 13 heteroatoms. The van der Waals surface area contributed by atoms with Crippen molar-refractivity contribution in [2.75, 3.05) is 45.9 Å². The number of benzene rings is 3. The molecule has 0 spiro atoms. The Morgan fingerprint density at radius 1 is 1.02 bits per heavy atom. The normalized spacial score (nSPS) is 13.0. The number of anilines is 6. The topological polar surface area (TPSA) is 129 Å². The third kappa shape index (κ3) is 6.51. The fourth-order valence-electron chi connectivity index (χ4n) is 4.63. The number of hydrogen-bond donors (Lipinski definition) is 4. The van der Waals surface area contributed by atoms with Gasteiger partial charge in [0.15, 0.2) is 0 Å². The van der Waals surface area contributed by atoms with E-state index in [2.05, 4.69) is 25.9 Å². The Bertz CT molecular complexity index is 1680. The Morgan fingerprint density at radius 3 is 2.56 bits per heavy atom. The molecule has 0 bridgehead atoms.